The molecule has 0 aliphatic carbocycles. The molecule has 1 heterocycles. The van der Waals surface area contributed by atoms with E-state index in [2.05, 4.69) is 18.3 Å². The van der Waals surface area contributed by atoms with Crippen molar-refractivity contribution in [3.05, 3.63) is 23.8 Å². The van der Waals surface area contributed by atoms with Crippen molar-refractivity contribution < 1.29 is 4.74 Å². The van der Waals surface area contributed by atoms with Crippen molar-refractivity contribution >= 4 is 11.4 Å². The van der Waals surface area contributed by atoms with Crippen LogP contribution in [0, 0.1) is 11.3 Å². The third-order valence-corrected chi connectivity index (χ3v) is 3.33. The molecule has 1 saturated heterocycles. The lowest BCUT2D eigenvalue weighted by Gasteiger charge is -2.21. The predicted octanol–water partition coefficient (Wildman–Crippen LogP) is 2.31. The van der Waals surface area contributed by atoms with Gasteiger partial charge in [-0.05, 0) is 43.5 Å². The number of benzene rings is 1. The fourth-order valence-corrected chi connectivity index (χ4v) is 2.29. The van der Waals surface area contributed by atoms with Crippen LogP contribution in [-0.4, -0.2) is 18.8 Å². The van der Waals surface area contributed by atoms with E-state index in [-0.39, 0.29) is 12.1 Å². The van der Waals surface area contributed by atoms with Crippen molar-refractivity contribution in [2.75, 3.05) is 17.7 Å². The Morgan fingerprint density at radius 1 is 1.61 bits per heavy atom. The van der Waals surface area contributed by atoms with Crippen molar-refractivity contribution in [3.63, 3.8) is 0 Å². The van der Waals surface area contributed by atoms with E-state index in [0.29, 0.717) is 12.1 Å². The Morgan fingerprint density at radius 2 is 2.44 bits per heavy atom. The summed E-state index contributed by atoms with van der Waals surface area (Å²) in [6, 6.07) is 8.14. The standard InChI is InChI=1S/C14H19N3O/c1-10(14-3-2-8-18-14)17-12-4-5-13(16)11(9-12)6-7-15/h4-5,9-10,14,17H,2-3,6,8,16H2,1H3. The second kappa shape index (κ2) is 5.74. The summed E-state index contributed by atoms with van der Waals surface area (Å²) in [5.41, 5.74) is 8.37. The fourth-order valence-electron chi connectivity index (χ4n) is 2.29. The molecular weight excluding hydrogens is 226 g/mol. The maximum Gasteiger partial charge on any atom is 0.0774 e. The number of anilines is 2. The molecule has 4 heteroatoms. The highest BCUT2D eigenvalue weighted by atomic mass is 16.5. The largest absolute Gasteiger partial charge is 0.398 e. The van der Waals surface area contributed by atoms with Crippen LogP contribution in [0.3, 0.4) is 0 Å². The van der Waals surface area contributed by atoms with Gasteiger partial charge in [-0.15, -0.1) is 0 Å². The Labute approximate surface area is 108 Å². The molecule has 1 fully saturated rings. The number of nitrogen functional groups attached to an aromatic ring is 1. The zero-order valence-electron chi connectivity index (χ0n) is 10.6. The van der Waals surface area contributed by atoms with Crippen molar-refractivity contribution in [2.45, 2.75) is 38.3 Å². The molecule has 1 aliphatic heterocycles. The molecule has 0 spiro atoms. The summed E-state index contributed by atoms with van der Waals surface area (Å²) >= 11 is 0. The maximum atomic E-state index is 8.74. The van der Waals surface area contributed by atoms with E-state index in [1.54, 1.807) is 0 Å². The number of nitriles is 1. The zero-order valence-corrected chi connectivity index (χ0v) is 10.6. The van der Waals surface area contributed by atoms with Crippen LogP contribution in [0.1, 0.15) is 25.3 Å². The highest BCUT2D eigenvalue weighted by Crippen LogP contribution is 2.22. The van der Waals surface area contributed by atoms with Gasteiger partial charge in [-0.2, -0.15) is 5.26 Å². The van der Waals surface area contributed by atoms with Crippen molar-refractivity contribution in [1.82, 2.24) is 0 Å². The number of hydrogen-bond donors (Lipinski definition) is 2. The first kappa shape index (κ1) is 12.7. The van der Waals surface area contributed by atoms with Crippen LogP contribution in [0.4, 0.5) is 11.4 Å². The van der Waals surface area contributed by atoms with Gasteiger partial charge < -0.3 is 15.8 Å². The Balaban J connectivity index is 2.04. The second-order valence-electron chi connectivity index (χ2n) is 4.73. The first-order valence-electron chi connectivity index (χ1n) is 6.34. The zero-order chi connectivity index (χ0) is 13.0. The summed E-state index contributed by atoms with van der Waals surface area (Å²) in [6.45, 7) is 2.98. The summed E-state index contributed by atoms with van der Waals surface area (Å²) in [4.78, 5) is 0. The third-order valence-electron chi connectivity index (χ3n) is 3.33. The first-order valence-corrected chi connectivity index (χ1v) is 6.34. The van der Waals surface area contributed by atoms with Gasteiger partial charge in [0, 0.05) is 24.0 Å². The van der Waals surface area contributed by atoms with Gasteiger partial charge in [0.2, 0.25) is 0 Å². The van der Waals surface area contributed by atoms with Crippen molar-refractivity contribution in [3.8, 4) is 6.07 Å². The monoisotopic (exact) mass is 245 g/mol. The molecule has 2 rings (SSSR count). The molecule has 0 amide bonds. The molecule has 1 aliphatic rings. The van der Waals surface area contributed by atoms with E-state index in [9.17, 15) is 0 Å². The highest BCUT2D eigenvalue weighted by molar-refractivity contribution is 5.58. The highest BCUT2D eigenvalue weighted by Gasteiger charge is 2.22. The van der Waals surface area contributed by atoms with Crippen LogP contribution in [0.15, 0.2) is 18.2 Å². The smallest absolute Gasteiger partial charge is 0.0774 e. The lowest BCUT2D eigenvalue weighted by Crippen LogP contribution is -2.30. The molecule has 96 valence electrons. The fraction of sp³-hybridized carbons (Fsp3) is 0.500. The van der Waals surface area contributed by atoms with E-state index in [0.717, 1.165) is 30.7 Å². The normalized spacial score (nSPS) is 20.3. The molecular formula is C14H19N3O. The molecule has 0 bridgehead atoms. The van der Waals surface area contributed by atoms with Gasteiger partial charge in [0.1, 0.15) is 0 Å². The molecule has 1 aromatic rings. The van der Waals surface area contributed by atoms with E-state index < -0.39 is 0 Å². The van der Waals surface area contributed by atoms with E-state index in [1.165, 1.54) is 0 Å². The summed E-state index contributed by atoms with van der Waals surface area (Å²) in [5.74, 6) is 0. The molecule has 0 radical (unpaired) electrons. The van der Waals surface area contributed by atoms with Gasteiger partial charge in [-0.1, -0.05) is 0 Å². The third kappa shape index (κ3) is 2.93. The predicted molar refractivity (Wildman–Crippen MR) is 72.2 cm³/mol. The Bertz CT molecular complexity index is 447. The molecule has 0 aromatic heterocycles. The van der Waals surface area contributed by atoms with Gasteiger partial charge in [0.15, 0.2) is 0 Å². The molecule has 4 nitrogen and oxygen atoms in total. The Morgan fingerprint density at radius 3 is 3.11 bits per heavy atom. The van der Waals surface area contributed by atoms with E-state index in [4.69, 9.17) is 15.7 Å². The lowest BCUT2D eigenvalue weighted by atomic mass is 10.1. The van der Waals surface area contributed by atoms with Crippen molar-refractivity contribution in [2.24, 2.45) is 0 Å². The summed E-state index contributed by atoms with van der Waals surface area (Å²) in [5, 5.41) is 12.2. The van der Waals surface area contributed by atoms with Crippen molar-refractivity contribution in [1.29, 1.82) is 5.26 Å². The van der Waals surface area contributed by atoms with Gasteiger partial charge in [0.25, 0.3) is 0 Å². The summed E-state index contributed by atoms with van der Waals surface area (Å²) in [6.07, 6.45) is 2.86. The number of nitrogens with one attached hydrogen (secondary N) is 1. The average Bonchev–Trinajstić information content (AvgIpc) is 2.87. The van der Waals surface area contributed by atoms with Gasteiger partial charge in [-0.25, -0.2) is 0 Å². The van der Waals surface area contributed by atoms with Crippen LogP contribution in [0.2, 0.25) is 0 Å². The topological polar surface area (TPSA) is 71.1 Å². The quantitative estimate of drug-likeness (QED) is 0.798. The molecule has 0 saturated carbocycles. The van der Waals surface area contributed by atoms with Gasteiger partial charge >= 0.3 is 0 Å². The minimum atomic E-state index is 0.270. The molecule has 3 N–H and O–H groups in total. The number of nitrogens with zero attached hydrogens (tertiary/aromatic N) is 1. The number of hydrogen-bond acceptors (Lipinski definition) is 4. The van der Waals surface area contributed by atoms with Crippen LogP contribution in [0.25, 0.3) is 0 Å². The molecule has 2 unspecified atom stereocenters. The number of rotatable bonds is 4. The van der Waals surface area contributed by atoms with Gasteiger partial charge in [-0.3, -0.25) is 0 Å². The Hall–Kier alpha value is -1.73. The number of nitrogens with two attached hydrogens (primary N) is 1. The first-order chi connectivity index (χ1) is 8.70. The van der Waals surface area contributed by atoms with E-state index >= 15 is 0 Å². The maximum absolute atomic E-state index is 8.74. The Kier molecular flexibility index (Phi) is 4.06. The van der Waals surface area contributed by atoms with Gasteiger partial charge in [0.05, 0.1) is 18.6 Å². The molecule has 1 aromatic carbocycles. The summed E-state index contributed by atoms with van der Waals surface area (Å²) < 4.78 is 5.65. The molecule has 18 heavy (non-hydrogen) atoms. The minimum absolute atomic E-state index is 0.270. The molecule has 2 atom stereocenters. The van der Waals surface area contributed by atoms with Crippen LogP contribution in [-0.2, 0) is 11.2 Å². The SMILES string of the molecule is CC(Nc1ccc(N)c(CC#N)c1)C1CCCO1. The minimum Gasteiger partial charge on any atom is -0.398 e. The number of ether oxygens (including phenoxy) is 1. The van der Waals surface area contributed by atoms with E-state index in [1.807, 2.05) is 18.2 Å². The summed E-state index contributed by atoms with van der Waals surface area (Å²) in [7, 11) is 0. The lowest BCUT2D eigenvalue weighted by molar-refractivity contribution is 0.0996. The second-order valence-corrected chi connectivity index (χ2v) is 4.73. The van der Waals surface area contributed by atoms with Crippen LogP contribution >= 0.6 is 0 Å². The average molecular weight is 245 g/mol. The van der Waals surface area contributed by atoms with Crippen LogP contribution < -0.4 is 11.1 Å². The van der Waals surface area contributed by atoms with Crippen LogP contribution in [0.5, 0.6) is 0 Å².